The minimum absolute atomic E-state index is 0.127. The Kier molecular flexibility index (Phi) is 3.70. The molecule has 0 N–H and O–H groups in total. The van der Waals surface area contributed by atoms with Crippen LogP contribution in [-0.4, -0.2) is 27.0 Å². The van der Waals surface area contributed by atoms with E-state index in [0.29, 0.717) is 27.4 Å². The van der Waals surface area contributed by atoms with Gasteiger partial charge in [-0.15, -0.1) is 16.4 Å². The smallest absolute Gasteiger partial charge is 0.291 e. The molecule has 5 rings (SSSR count). The van der Waals surface area contributed by atoms with E-state index in [2.05, 4.69) is 10.1 Å². The normalized spacial score (nSPS) is 15.7. The largest absolute Gasteiger partial charge is 0.308 e. The molecule has 0 fully saturated rings. The average molecular weight is 394 g/mol. The second-order valence-corrected chi connectivity index (χ2v) is 8.12. The zero-order valence-electron chi connectivity index (χ0n) is 14.4. The highest BCUT2D eigenvalue weighted by molar-refractivity contribution is 7.15. The van der Waals surface area contributed by atoms with E-state index in [1.54, 1.807) is 4.90 Å². The van der Waals surface area contributed by atoms with Crippen molar-refractivity contribution in [3.8, 4) is 10.7 Å². The number of anilines is 1. The standard InChI is InChI=1S/C19H14N4O2S2/c1-2-9-22-12-7-4-3-6-11(12)14(17(22)24)15-18(25)23-19(27-15)20-16(21-23)13-8-5-10-26-13/h3-8,10H,2,9H2,1H3. The first-order valence-electron chi connectivity index (χ1n) is 8.58. The Bertz CT molecular complexity index is 1290. The maximum Gasteiger partial charge on any atom is 0.291 e. The van der Waals surface area contributed by atoms with Crippen LogP contribution in [0.25, 0.3) is 21.2 Å². The lowest BCUT2D eigenvalue weighted by Crippen LogP contribution is -2.32. The molecule has 0 radical (unpaired) electrons. The second-order valence-electron chi connectivity index (χ2n) is 6.19. The summed E-state index contributed by atoms with van der Waals surface area (Å²) in [6.45, 7) is 2.65. The molecular formula is C19H14N4O2S2. The number of hydrogen-bond acceptors (Lipinski definition) is 6. The van der Waals surface area contributed by atoms with Crippen LogP contribution < -0.4 is 15.0 Å². The van der Waals surface area contributed by atoms with Crippen molar-refractivity contribution < 1.29 is 4.79 Å². The first-order chi connectivity index (χ1) is 13.2. The number of benzene rings is 1. The molecule has 0 saturated carbocycles. The Hall–Kier alpha value is -2.84. The van der Waals surface area contributed by atoms with Crippen molar-refractivity contribution >= 4 is 44.8 Å². The molecule has 0 spiro atoms. The molecule has 1 aliphatic rings. The summed E-state index contributed by atoms with van der Waals surface area (Å²) in [5, 5.41) is 6.30. The Morgan fingerprint density at radius 3 is 2.70 bits per heavy atom. The highest BCUT2D eigenvalue weighted by Gasteiger charge is 2.33. The van der Waals surface area contributed by atoms with E-state index < -0.39 is 0 Å². The van der Waals surface area contributed by atoms with Gasteiger partial charge in [-0.2, -0.15) is 9.50 Å². The number of fused-ring (bicyclic) bond motifs is 2. The topological polar surface area (TPSA) is 67.6 Å². The van der Waals surface area contributed by atoms with Gasteiger partial charge >= 0.3 is 0 Å². The molecule has 4 aromatic rings. The van der Waals surface area contributed by atoms with E-state index in [-0.39, 0.29) is 11.5 Å². The van der Waals surface area contributed by atoms with Crippen LogP contribution in [0.3, 0.4) is 0 Å². The molecule has 4 heterocycles. The first kappa shape index (κ1) is 16.3. The van der Waals surface area contributed by atoms with Crippen LogP contribution >= 0.6 is 22.7 Å². The maximum atomic E-state index is 13.1. The second kappa shape index (κ2) is 6.11. The minimum Gasteiger partial charge on any atom is -0.308 e. The van der Waals surface area contributed by atoms with Crippen molar-refractivity contribution in [3.05, 3.63) is 62.2 Å². The van der Waals surface area contributed by atoms with Crippen LogP contribution in [0.4, 0.5) is 5.69 Å². The summed E-state index contributed by atoms with van der Waals surface area (Å²) >= 11 is 2.75. The summed E-state index contributed by atoms with van der Waals surface area (Å²) in [5.41, 5.74) is 1.83. The van der Waals surface area contributed by atoms with E-state index in [1.165, 1.54) is 27.2 Å². The highest BCUT2D eigenvalue weighted by Crippen LogP contribution is 2.35. The van der Waals surface area contributed by atoms with Gasteiger partial charge in [-0.05, 0) is 23.9 Å². The van der Waals surface area contributed by atoms with Gasteiger partial charge < -0.3 is 4.90 Å². The van der Waals surface area contributed by atoms with Gasteiger partial charge in [0, 0.05) is 12.1 Å². The monoisotopic (exact) mass is 394 g/mol. The molecule has 1 amide bonds. The SMILES string of the molecule is CCCN1C(=O)C(=c2sc3nc(-c4cccs4)nn3c2=O)c2ccccc21. The lowest BCUT2D eigenvalue weighted by molar-refractivity contribution is -0.113. The number of aromatic nitrogens is 3. The van der Waals surface area contributed by atoms with E-state index in [1.807, 2.05) is 48.7 Å². The molecule has 6 nitrogen and oxygen atoms in total. The van der Waals surface area contributed by atoms with Crippen LogP contribution in [0.2, 0.25) is 0 Å². The lowest BCUT2D eigenvalue weighted by atomic mass is 10.1. The number of amides is 1. The number of hydrogen-bond donors (Lipinski definition) is 0. The molecule has 0 aliphatic carbocycles. The fourth-order valence-corrected chi connectivity index (χ4v) is 4.99. The molecule has 0 atom stereocenters. The van der Waals surface area contributed by atoms with Gasteiger partial charge in [0.25, 0.3) is 11.5 Å². The van der Waals surface area contributed by atoms with Crippen molar-refractivity contribution in [2.75, 3.05) is 11.4 Å². The van der Waals surface area contributed by atoms with E-state index in [0.717, 1.165) is 22.5 Å². The zero-order valence-corrected chi connectivity index (χ0v) is 16.0. The predicted molar refractivity (Wildman–Crippen MR) is 107 cm³/mol. The van der Waals surface area contributed by atoms with Gasteiger partial charge in [-0.1, -0.05) is 42.5 Å². The molecular weight excluding hydrogens is 380 g/mol. The number of carbonyl (C=O) groups excluding carboxylic acids is 1. The highest BCUT2D eigenvalue weighted by atomic mass is 32.1. The third-order valence-corrected chi connectivity index (χ3v) is 6.39. The molecule has 27 heavy (non-hydrogen) atoms. The van der Waals surface area contributed by atoms with Gasteiger partial charge in [0.2, 0.25) is 4.96 Å². The van der Waals surface area contributed by atoms with Crippen LogP contribution in [0.15, 0.2) is 46.6 Å². The van der Waals surface area contributed by atoms with Crippen LogP contribution in [0.5, 0.6) is 0 Å². The Labute approximate surface area is 162 Å². The number of thiazole rings is 1. The van der Waals surface area contributed by atoms with Gasteiger partial charge in [0.1, 0.15) is 4.53 Å². The zero-order chi connectivity index (χ0) is 18.5. The van der Waals surface area contributed by atoms with Crippen molar-refractivity contribution in [1.82, 2.24) is 14.6 Å². The summed E-state index contributed by atoms with van der Waals surface area (Å²) in [5.74, 6) is 0.411. The van der Waals surface area contributed by atoms with Gasteiger partial charge in [-0.3, -0.25) is 9.59 Å². The van der Waals surface area contributed by atoms with Crippen molar-refractivity contribution in [2.24, 2.45) is 0 Å². The third kappa shape index (κ3) is 2.37. The van der Waals surface area contributed by atoms with E-state index >= 15 is 0 Å². The van der Waals surface area contributed by atoms with Gasteiger partial charge in [-0.25, -0.2) is 0 Å². The molecule has 0 unspecified atom stereocenters. The van der Waals surface area contributed by atoms with Gasteiger partial charge in [0.15, 0.2) is 5.82 Å². The van der Waals surface area contributed by atoms with Crippen LogP contribution in [0.1, 0.15) is 18.9 Å². The summed E-state index contributed by atoms with van der Waals surface area (Å²) in [4.78, 5) is 33.7. The van der Waals surface area contributed by atoms with Crippen molar-refractivity contribution in [1.29, 1.82) is 0 Å². The fraction of sp³-hybridized carbons (Fsp3) is 0.158. The summed E-state index contributed by atoms with van der Waals surface area (Å²) in [7, 11) is 0. The number of nitrogens with zero attached hydrogens (tertiary/aromatic N) is 4. The average Bonchev–Trinajstić information content (AvgIpc) is 3.42. The molecule has 134 valence electrons. The Morgan fingerprint density at radius 1 is 1.11 bits per heavy atom. The molecule has 3 aromatic heterocycles. The van der Waals surface area contributed by atoms with Crippen LogP contribution in [0, 0.1) is 0 Å². The molecule has 8 heteroatoms. The molecule has 1 aromatic carbocycles. The number of para-hydroxylation sites is 1. The van der Waals surface area contributed by atoms with E-state index in [4.69, 9.17) is 0 Å². The summed E-state index contributed by atoms with van der Waals surface area (Å²) < 4.78 is 1.71. The Morgan fingerprint density at radius 2 is 1.96 bits per heavy atom. The quantitative estimate of drug-likeness (QED) is 0.536. The first-order valence-corrected chi connectivity index (χ1v) is 10.3. The molecule has 0 bridgehead atoms. The van der Waals surface area contributed by atoms with Gasteiger partial charge in [0.05, 0.1) is 16.1 Å². The molecule has 0 saturated heterocycles. The fourth-order valence-electron chi connectivity index (χ4n) is 3.34. The van der Waals surface area contributed by atoms with E-state index in [9.17, 15) is 9.59 Å². The number of thiophene rings is 1. The maximum absolute atomic E-state index is 13.1. The predicted octanol–water partition coefficient (Wildman–Crippen LogP) is 2.55. The van der Waals surface area contributed by atoms with Crippen LogP contribution in [-0.2, 0) is 4.79 Å². The third-order valence-electron chi connectivity index (χ3n) is 4.50. The van der Waals surface area contributed by atoms with Crippen molar-refractivity contribution in [2.45, 2.75) is 13.3 Å². The minimum atomic E-state index is -0.290. The summed E-state index contributed by atoms with van der Waals surface area (Å²) in [6, 6.07) is 11.5. The lowest BCUT2D eigenvalue weighted by Gasteiger charge is -2.15. The summed E-state index contributed by atoms with van der Waals surface area (Å²) in [6.07, 6.45) is 0.844. The number of rotatable bonds is 3. The van der Waals surface area contributed by atoms with Crippen molar-refractivity contribution in [3.63, 3.8) is 0 Å². The molecule has 1 aliphatic heterocycles. The number of carbonyl (C=O) groups is 1. The Balaban J connectivity index is 1.76.